The van der Waals surface area contributed by atoms with Crippen LogP contribution in [0.3, 0.4) is 0 Å². The number of amides is 2. The monoisotopic (exact) mass is 346 g/mol. The molecule has 1 aliphatic heterocycles. The first-order valence-electron chi connectivity index (χ1n) is 7.63. The fourth-order valence-corrected chi connectivity index (χ4v) is 3.41. The molecule has 0 bridgehead atoms. The molecule has 0 saturated heterocycles. The molecule has 126 valence electrons. The second kappa shape index (κ2) is 6.98. The molecular weight excluding hydrogens is 328 g/mol. The van der Waals surface area contributed by atoms with Crippen molar-refractivity contribution in [2.75, 3.05) is 18.1 Å². The summed E-state index contributed by atoms with van der Waals surface area (Å²) in [6.07, 6.45) is 1.99. The number of aryl methyl sites for hydroxylation is 1. The minimum absolute atomic E-state index is 0.0957. The second-order valence-corrected chi connectivity index (χ2v) is 6.34. The molecule has 0 aliphatic carbocycles. The predicted molar refractivity (Wildman–Crippen MR) is 91.7 cm³/mol. The maximum atomic E-state index is 12.1. The van der Waals surface area contributed by atoms with Crippen LogP contribution in [-0.2, 0) is 16.0 Å². The van der Waals surface area contributed by atoms with Crippen LogP contribution in [-0.4, -0.2) is 29.9 Å². The van der Waals surface area contributed by atoms with Crippen molar-refractivity contribution in [3.8, 4) is 17.0 Å². The first-order valence-corrected chi connectivity index (χ1v) is 8.51. The average molecular weight is 346 g/mol. The number of benzene rings is 1. The third-order valence-electron chi connectivity index (χ3n) is 3.68. The molecule has 0 unspecified atom stereocenters. The van der Waals surface area contributed by atoms with E-state index in [0.29, 0.717) is 11.4 Å². The van der Waals surface area contributed by atoms with Crippen LogP contribution in [0.25, 0.3) is 11.3 Å². The molecule has 1 aromatic carbocycles. The summed E-state index contributed by atoms with van der Waals surface area (Å²) >= 11 is 1.62. The Labute approximate surface area is 143 Å². The molecule has 3 rings (SSSR count). The van der Waals surface area contributed by atoms with Crippen LogP contribution < -0.4 is 20.9 Å². The number of fused-ring (bicyclic) bond motifs is 1. The van der Waals surface area contributed by atoms with E-state index in [-0.39, 0.29) is 19.1 Å². The smallest absolute Gasteiger partial charge is 0.265 e. The summed E-state index contributed by atoms with van der Waals surface area (Å²) in [4.78, 5) is 29.7. The Kier molecular flexibility index (Phi) is 4.77. The Morgan fingerprint density at radius 1 is 1.50 bits per heavy atom. The van der Waals surface area contributed by atoms with Gasteiger partial charge in [0.1, 0.15) is 12.3 Å². The lowest BCUT2D eigenvalue weighted by molar-refractivity contribution is -0.125. The Morgan fingerprint density at radius 3 is 3.08 bits per heavy atom. The number of nitrogens with zero attached hydrogens (tertiary/aromatic N) is 2. The minimum atomic E-state index is -0.444. The number of nitrogens with two attached hydrogens (primary N) is 1. The van der Waals surface area contributed by atoms with E-state index < -0.39 is 5.91 Å². The number of ether oxygens (including phenoxy) is 1. The quantitative estimate of drug-likeness (QED) is 0.485. The number of hydrogen-bond acceptors (Lipinski definition) is 6. The molecule has 0 atom stereocenters. The topological polar surface area (TPSA) is 97.5 Å². The summed E-state index contributed by atoms with van der Waals surface area (Å²) in [6, 6.07) is 5.52. The van der Waals surface area contributed by atoms with Crippen LogP contribution >= 0.6 is 11.3 Å². The van der Waals surface area contributed by atoms with Crippen molar-refractivity contribution in [3.05, 3.63) is 28.6 Å². The van der Waals surface area contributed by atoms with Gasteiger partial charge in [0.2, 0.25) is 0 Å². The maximum Gasteiger partial charge on any atom is 0.265 e. The molecule has 2 amide bonds. The summed E-state index contributed by atoms with van der Waals surface area (Å²) in [5, 5.41) is 3.08. The second-order valence-electron chi connectivity index (χ2n) is 5.40. The third kappa shape index (κ3) is 3.24. The summed E-state index contributed by atoms with van der Waals surface area (Å²) in [7, 11) is 0. The molecule has 0 radical (unpaired) electrons. The average Bonchev–Trinajstić information content (AvgIpc) is 3.06. The Morgan fingerprint density at radius 2 is 2.33 bits per heavy atom. The molecular formula is C16H18N4O3S. The molecule has 1 aliphatic rings. The number of nitrogens with one attached hydrogen (secondary N) is 1. The fourth-order valence-electron chi connectivity index (χ4n) is 2.50. The van der Waals surface area contributed by atoms with Gasteiger partial charge in [0, 0.05) is 10.9 Å². The van der Waals surface area contributed by atoms with Gasteiger partial charge in [0.25, 0.3) is 11.8 Å². The van der Waals surface area contributed by atoms with Crippen molar-refractivity contribution < 1.29 is 14.3 Å². The van der Waals surface area contributed by atoms with Crippen LogP contribution in [0.5, 0.6) is 5.75 Å². The van der Waals surface area contributed by atoms with Crippen LogP contribution in [0.1, 0.15) is 18.4 Å². The zero-order valence-electron chi connectivity index (χ0n) is 13.2. The van der Waals surface area contributed by atoms with Crippen LogP contribution in [0.15, 0.2) is 23.6 Å². The van der Waals surface area contributed by atoms with Gasteiger partial charge in [0.05, 0.1) is 16.4 Å². The van der Waals surface area contributed by atoms with Crippen LogP contribution in [0.4, 0.5) is 5.69 Å². The number of carbonyl (C=O) groups is 2. The zero-order valence-corrected chi connectivity index (χ0v) is 14.1. The standard InChI is InChI=1S/C16H18N4O3S/c1-2-3-15-18-11(9-24-15)10-4-5-13-12(6-10)20(7-14(21)19-17)16(22)8-23-13/h4-6,9H,2-3,7-8,17H2,1H3,(H,19,21). The molecule has 7 nitrogen and oxygen atoms in total. The van der Waals surface area contributed by atoms with Gasteiger partial charge < -0.3 is 4.74 Å². The zero-order chi connectivity index (χ0) is 17.1. The lowest BCUT2D eigenvalue weighted by Gasteiger charge is -2.29. The number of thiazole rings is 1. The number of hydrazine groups is 1. The van der Waals surface area contributed by atoms with E-state index in [2.05, 4.69) is 11.9 Å². The lowest BCUT2D eigenvalue weighted by Crippen LogP contribution is -2.46. The maximum absolute atomic E-state index is 12.1. The van der Waals surface area contributed by atoms with E-state index in [9.17, 15) is 9.59 Å². The van der Waals surface area contributed by atoms with Crippen molar-refractivity contribution in [1.82, 2.24) is 10.4 Å². The van der Waals surface area contributed by atoms with Crippen molar-refractivity contribution in [1.29, 1.82) is 0 Å². The summed E-state index contributed by atoms with van der Waals surface area (Å²) < 4.78 is 5.44. The highest BCUT2D eigenvalue weighted by Crippen LogP contribution is 2.36. The van der Waals surface area contributed by atoms with E-state index in [1.807, 2.05) is 22.9 Å². The van der Waals surface area contributed by atoms with Gasteiger partial charge in [-0.05, 0) is 31.0 Å². The third-order valence-corrected chi connectivity index (χ3v) is 4.58. The van der Waals surface area contributed by atoms with E-state index in [0.717, 1.165) is 29.1 Å². The summed E-state index contributed by atoms with van der Waals surface area (Å²) in [5.74, 6) is 4.96. The van der Waals surface area contributed by atoms with Gasteiger partial charge in [-0.1, -0.05) is 6.92 Å². The van der Waals surface area contributed by atoms with Crippen LogP contribution in [0, 0.1) is 0 Å². The molecule has 8 heteroatoms. The minimum Gasteiger partial charge on any atom is -0.482 e. The fraction of sp³-hybridized carbons (Fsp3) is 0.312. The largest absolute Gasteiger partial charge is 0.482 e. The molecule has 3 N–H and O–H groups in total. The van der Waals surface area contributed by atoms with Gasteiger partial charge in [0.15, 0.2) is 6.61 Å². The molecule has 1 aromatic heterocycles. The first kappa shape index (κ1) is 16.4. The van der Waals surface area contributed by atoms with Gasteiger partial charge in [-0.25, -0.2) is 10.8 Å². The Hall–Kier alpha value is -2.45. The number of rotatable bonds is 5. The Bertz CT molecular complexity index is 774. The van der Waals surface area contributed by atoms with E-state index in [4.69, 9.17) is 10.6 Å². The molecule has 2 aromatic rings. The van der Waals surface area contributed by atoms with Crippen molar-refractivity contribution >= 4 is 28.8 Å². The van der Waals surface area contributed by atoms with Gasteiger partial charge in [-0.3, -0.25) is 19.9 Å². The summed E-state index contributed by atoms with van der Waals surface area (Å²) in [6.45, 7) is 1.87. The SMILES string of the molecule is CCCc1nc(-c2ccc3c(c2)N(CC(=O)NN)C(=O)CO3)cs1. The number of aromatic nitrogens is 1. The van der Waals surface area contributed by atoms with E-state index in [1.54, 1.807) is 17.4 Å². The number of hydrogen-bond donors (Lipinski definition) is 2. The normalized spacial score (nSPS) is 13.4. The van der Waals surface area contributed by atoms with Gasteiger partial charge in [-0.2, -0.15) is 0 Å². The number of anilines is 1. The molecule has 0 spiro atoms. The highest BCUT2D eigenvalue weighted by Gasteiger charge is 2.27. The molecule has 24 heavy (non-hydrogen) atoms. The highest BCUT2D eigenvalue weighted by atomic mass is 32.1. The number of carbonyl (C=O) groups excluding carboxylic acids is 2. The molecule has 2 heterocycles. The van der Waals surface area contributed by atoms with Crippen molar-refractivity contribution in [2.45, 2.75) is 19.8 Å². The Balaban J connectivity index is 1.95. The molecule has 0 fully saturated rings. The summed E-state index contributed by atoms with van der Waals surface area (Å²) in [5.41, 5.74) is 4.33. The predicted octanol–water partition coefficient (Wildman–Crippen LogP) is 1.48. The highest BCUT2D eigenvalue weighted by molar-refractivity contribution is 7.09. The first-order chi connectivity index (χ1) is 11.6. The van der Waals surface area contributed by atoms with Gasteiger partial charge in [-0.15, -0.1) is 11.3 Å². The molecule has 0 saturated carbocycles. The van der Waals surface area contributed by atoms with Crippen molar-refractivity contribution in [2.24, 2.45) is 5.84 Å². The van der Waals surface area contributed by atoms with E-state index >= 15 is 0 Å². The van der Waals surface area contributed by atoms with Gasteiger partial charge >= 0.3 is 0 Å². The lowest BCUT2D eigenvalue weighted by atomic mass is 10.1. The van der Waals surface area contributed by atoms with E-state index in [1.165, 1.54) is 4.90 Å². The van der Waals surface area contributed by atoms with Crippen molar-refractivity contribution in [3.63, 3.8) is 0 Å². The van der Waals surface area contributed by atoms with Crippen LogP contribution in [0.2, 0.25) is 0 Å².